The quantitative estimate of drug-likeness (QED) is 0.391. The third kappa shape index (κ3) is 8.69. The molecule has 1 saturated heterocycles. The fourth-order valence-electron chi connectivity index (χ4n) is 4.48. The van der Waals surface area contributed by atoms with E-state index in [4.69, 9.17) is 14.2 Å². The van der Waals surface area contributed by atoms with Crippen molar-refractivity contribution in [1.82, 2.24) is 15.5 Å². The summed E-state index contributed by atoms with van der Waals surface area (Å²) in [4.78, 5) is 28.3. The summed E-state index contributed by atoms with van der Waals surface area (Å²) in [7, 11) is 3.31. The predicted octanol–water partition coefficient (Wildman–Crippen LogP) is 2.99. The van der Waals surface area contributed by atoms with E-state index in [1.54, 1.807) is 14.2 Å². The van der Waals surface area contributed by atoms with Gasteiger partial charge >= 0.3 is 0 Å². The molecule has 2 N–H and O–H groups in total. The van der Waals surface area contributed by atoms with Crippen molar-refractivity contribution in [3.05, 3.63) is 23.8 Å². The van der Waals surface area contributed by atoms with E-state index < -0.39 is 0 Å². The van der Waals surface area contributed by atoms with E-state index in [1.165, 1.54) is 0 Å². The lowest BCUT2D eigenvalue weighted by Gasteiger charge is -2.33. The molecule has 1 heterocycles. The lowest BCUT2D eigenvalue weighted by molar-refractivity contribution is -0.138. The maximum atomic E-state index is 13.6. The van der Waals surface area contributed by atoms with Gasteiger partial charge in [-0.2, -0.15) is 0 Å². The van der Waals surface area contributed by atoms with Crippen LogP contribution in [0.15, 0.2) is 18.2 Å². The predicted molar refractivity (Wildman–Crippen MR) is 135 cm³/mol. The van der Waals surface area contributed by atoms with Crippen molar-refractivity contribution in [3.8, 4) is 11.5 Å². The zero-order valence-corrected chi connectivity index (χ0v) is 21.8. The summed E-state index contributed by atoms with van der Waals surface area (Å²) in [6, 6.07) is 6.09. The van der Waals surface area contributed by atoms with Crippen molar-refractivity contribution in [1.29, 1.82) is 0 Å². The largest absolute Gasteiger partial charge is 0.497 e. The normalized spacial score (nSPS) is 19.9. The number of piperidine rings is 1. The van der Waals surface area contributed by atoms with Crippen molar-refractivity contribution < 1.29 is 23.8 Å². The molecule has 0 unspecified atom stereocenters. The zero-order chi connectivity index (χ0) is 25.2. The number of methoxy groups -OCH3 is 2. The first-order valence-corrected chi connectivity index (χ1v) is 13.0. The number of hydrogen-bond donors (Lipinski definition) is 2. The Hall–Kier alpha value is -2.32. The Morgan fingerprint density at radius 2 is 1.83 bits per heavy atom. The lowest BCUT2D eigenvalue weighted by Crippen LogP contribution is -2.49. The van der Waals surface area contributed by atoms with Crippen LogP contribution in [0.2, 0.25) is 0 Å². The van der Waals surface area contributed by atoms with Crippen LogP contribution >= 0.6 is 0 Å². The van der Waals surface area contributed by atoms with Crippen LogP contribution in [0.5, 0.6) is 11.5 Å². The first-order valence-electron chi connectivity index (χ1n) is 13.0. The minimum atomic E-state index is -0.194. The number of benzene rings is 1. The van der Waals surface area contributed by atoms with Gasteiger partial charge < -0.3 is 29.7 Å². The van der Waals surface area contributed by atoms with Crippen molar-refractivity contribution in [2.24, 2.45) is 17.8 Å². The average Bonchev–Trinajstić information content (AvgIpc) is 3.70. The van der Waals surface area contributed by atoms with E-state index in [-0.39, 0.29) is 29.7 Å². The van der Waals surface area contributed by atoms with Crippen LogP contribution in [0.3, 0.4) is 0 Å². The van der Waals surface area contributed by atoms with Gasteiger partial charge in [-0.3, -0.25) is 9.59 Å². The van der Waals surface area contributed by atoms with E-state index in [2.05, 4.69) is 24.5 Å². The van der Waals surface area contributed by atoms with Crippen molar-refractivity contribution in [3.63, 3.8) is 0 Å². The molecular formula is C27H43N3O5. The molecule has 0 bridgehead atoms. The second-order valence-corrected chi connectivity index (χ2v) is 10.2. The molecule has 2 aliphatic rings. The van der Waals surface area contributed by atoms with Gasteiger partial charge in [-0.05, 0) is 49.3 Å². The highest BCUT2D eigenvalue weighted by atomic mass is 16.5. The summed E-state index contributed by atoms with van der Waals surface area (Å²) in [5.74, 6) is 1.81. The van der Waals surface area contributed by atoms with Gasteiger partial charge in [0, 0.05) is 58.4 Å². The van der Waals surface area contributed by atoms with Crippen LogP contribution in [0.25, 0.3) is 0 Å². The fourth-order valence-corrected chi connectivity index (χ4v) is 4.48. The van der Waals surface area contributed by atoms with Gasteiger partial charge in [0.1, 0.15) is 11.5 Å². The molecule has 0 aromatic heterocycles. The number of ether oxygens (including phenoxy) is 3. The topological polar surface area (TPSA) is 89.1 Å². The molecule has 3 rings (SSSR count). The number of hydrogen-bond acceptors (Lipinski definition) is 6. The standard InChI is InChI=1S/C27H43N3O5/c1-19(2)8-9-29-26(31)21-14-22(17-28-16-21)27(32)30(23-6-7-23)18-20-12-24(34-4)15-25(13-20)35-11-5-10-33-3/h12-13,15,19,21-23,28H,5-11,14,16-18H2,1-4H3,(H,29,31)/t21-,22+/m1/s1. The van der Waals surface area contributed by atoms with Crippen LogP contribution in [-0.2, 0) is 20.9 Å². The monoisotopic (exact) mass is 489 g/mol. The highest BCUT2D eigenvalue weighted by Gasteiger charge is 2.39. The summed E-state index contributed by atoms with van der Waals surface area (Å²) in [5, 5.41) is 6.38. The van der Waals surface area contributed by atoms with E-state index in [0.29, 0.717) is 57.5 Å². The molecule has 0 spiro atoms. The van der Waals surface area contributed by atoms with Crippen LogP contribution < -0.4 is 20.1 Å². The SMILES string of the molecule is COCCCOc1cc(CN(C(=O)[C@@H]2CNC[C@H](C(=O)NCCC(C)C)C2)C2CC2)cc(OC)c1. The van der Waals surface area contributed by atoms with Gasteiger partial charge in [-0.25, -0.2) is 0 Å². The molecule has 2 atom stereocenters. The molecule has 0 radical (unpaired) electrons. The van der Waals surface area contributed by atoms with E-state index in [1.807, 2.05) is 23.1 Å². The number of carbonyl (C=O) groups is 2. The highest BCUT2D eigenvalue weighted by molar-refractivity contribution is 5.83. The summed E-state index contributed by atoms with van der Waals surface area (Å²) >= 11 is 0. The van der Waals surface area contributed by atoms with Crippen LogP contribution in [-0.4, -0.2) is 69.8 Å². The molecule has 1 aromatic rings. The fraction of sp³-hybridized carbons (Fsp3) is 0.704. The maximum absolute atomic E-state index is 13.6. The molecule has 1 aromatic carbocycles. The number of carbonyl (C=O) groups excluding carboxylic acids is 2. The smallest absolute Gasteiger partial charge is 0.227 e. The van der Waals surface area contributed by atoms with Crippen molar-refractivity contribution >= 4 is 11.8 Å². The minimum absolute atomic E-state index is 0.0525. The molecule has 2 amide bonds. The van der Waals surface area contributed by atoms with E-state index in [0.717, 1.165) is 37.0 Å². The molecule has 1 aliphatic carbocycles. The average molecular weight is 490 g/mol. The molecule has 1 saturated carbocycles. The Morgan fingerprint density at radius 3 is 2.51 bits per heavy atom. The Labute approximate surface area is 210 Å². The second-order valence-electron chi connectivity index (χ2n) is 10.2. The minimum Gasteiger partial charge on any atom is -0.497 e. The molecule has 35 heavy (non-hydrogen) atoms. The van der Waals surface area contributed by atoms with Gasteiger partial charge in [0.2, 0.25) is 11.8 Å². The van der Waals surface area contributed by atoms with E-state index >= 15 is 0 Å². The first kappa shape index (κ1) is 27.3. The molecule has 2 fully saturated rings. The first-order chi connectivity index (χ1) is 16.9. The summed E-state index contributed by atoms with van der Waals surface area (Å²) in [6.07, 6.45) is 4.40. The third-order valence-electron chi connectivity index (χ3n) is 6.65. The second kappa shape index (κ2) is 13.7. The van der Waals surface area contributed by atoms with E-state index in [9.17, 15) is 9.59 Å². The van der Waals surface area contributed by atoms with Crippen molar-refractivity contribution in [2.45, 2.75) is 58.5 Å². The summed E-state index contributed by atoms with van der Waals surface area (Å²) in [5.41, 5.74) is 0.984. The van der Waals surface area contributed by atoms with Gasteiger partial charge in [0.25, 0.3) is 0 Å². The number of nitrogens with zero attached hydrogens (tertiary/aromatic N) is 1. The molecular weight excluding hydrogens is 446 g/mol. The van der Waals surface area contributed by atoms with Gasteiger partial charge in [-0.15, -0.1) is 0 Å². The zero-order valence-electron chi connectivity index (χ0n) is 21.8. The van der Waals surface area contributed by atoms with Gasteiger partial charge in [0.15, 0.2) is 0 Å². The third-order valence-corrected chi connectivity index (χ3v) is 6.65. The van der Waals surface area contributed by atoms with Crippen molar-refractivity contribution in [2.75, 3.05) is 47.1 Å². The summed E-state index contributed by atoms with van der Waals surface area (Å²) < 4.78 is 16.5. The Bertz CT molecular complexity index is 827. The van der Waals surface area contributed by atoms with Crippen LogP contribution in [0.1, 0.15) is 51.5 Å². The van der Waals surface area contributed by atoms with Gasteiger partial charge in [0.05, 0.1) is 25.6 Å². The van der Waals surface area contributed by atoms with Crippen LogP contribution in [0.4, 0.5) is 0 Å². The number of amides is 2. The molecule has 1 aliphatic heterocycles. The molecule has 196 valence electrons. The Balaban J connectivity index is 1.63. The highest BCUT2D eigenvalue weighted by Crippen LogP contribution is 2.33. The number of nitrogens with one attached hydrogen (secondary N) is 2. The molecule has 8 nitrogen and oxygen atoms in total. The Kier molecular flexibility index (Phi) is 10.7. The van der Waals surface area contributed by atoms with Crippen LogP contribution in [0, 0.1) is 17.8 Å². The summed E-state index contributed by atoms with van der Waals surface area (Å²) in [6.45, 7) is 7.93. The van der Waals surface area contributed by atoms with Gasteiger partial charge in [-0.1, -0.05) is 13.8 Å². The maximum Gasteiger partial charge on any atom is 0.227 e. The Morgan fingerprint density at radius 1 is 1.09 bits per heavy atom. The molecule has 8 heteroatoms. The lowest BCUT2D eigenvalue weighted by atomic mass is 9.88. The number of rotatable bonds is 14.